The van der Waals surface area contributed by atoms with Crippen molar-refractivity contribution in [2.24, 2.45) is 5.92 Å². The number of halogens is 1. The normalized spacial score (nSPS) is 19.8. The van der Waals surface area contributed by atoms with Gasteiger partial charge < -0.3 is 9.47 Å². The van der Waals surface area contributed by atoms with E-state index in [1.54, 1.807) is 13.2 Å². The number of benzene rings is 1. The summed E-state index contributed by atoms with van der Waals surface area (Å²) in [7, 11) is 1.58. The van der Waals surface area contributed by atoms with Crippen LogP contribution < -0.4 is 9.47 Å². The lowest BCUT2D eigenvalue weighted by atomic mass is 9.89. The first-order valence-corrected chi connectivity index (χ1v) is 10.9. The highest BCUT2D eigenvalue weighted by atomic mass is 79.9. The summed E-state index contributed by atoms with van der Waals surface area (Å²) in [6.07, 6.45) is 7.58. The third kappa shape index (κ3) is 4.69. The van der Waals surface area contributed by atoms with Crippen molar-refractivity contribution >= 4 is 44.9 Å². The molecule has 3 rings (SSSR count). The Morgan fingerprint density at radius 3 is 2.63 bits per heavy atom. The maximum Gasteiger partial charge on any atom is 0.293 e. The fraction of sp³-hybridized carbons (Fsp3) is 0.500. The summed E-state index contributed by atoms with van der Waals surface area (Å²) in [6.45, 7) is 2.95. The van der Waals surface area contributed by atoms with Gasteiger partial charge in [-0.15, -0.1) is 0 Å². The van der Waals surface area contributed by atoms with Gasteiger partial charge in [0.1, 0.15) is 0 Å². The Balaban J connectivity index is 1.81. The molecule has 0 bridgehead atoms. The van der Waals surface area contributed by atoms with Gasteiger partial charge in [0, 0.05) is 11.0 Å². The van der Waals surface area contributed by atoms with Crippen molar-refractivity contribution in [3.63, 3.8) is 0 Å². The van der Waals surface area contributed by atoms with E-state index in [-0.39, 0.29) is 11.1 Å². The Morgan fingerprint density at radius 1 is 1.22 bits per heavy atom. The second-order valence-corrected chi connectivity index (χ2v) is 8.60. The van der Waals surface area contributed by atoms with Gasteiger partial charge in [-0.1, -0.05) is 35.2 Å². The van der Waals surface area contributed by atoms with Crippen LogP contribution in [0.5, 0.6) is 11.5 Å². The van der Waals surface area contributed by atoms with Crippen LogP contribution in [0.1, 0.15) is 44.6 Å². The van der Waals surface area contributed by atoms with E-state index in [2.05, 4.69) is 15.9 Å². The van der Waals surface area contributed by atoms with E-state index >= 15 is 0 Å². The molecule has 1 aliphatic carbocycles. The average molecular weight is 454 g/mol. The maximum atomic E-state index is 12.8. The summed E-state index contributed by atoms with van der Waals surface area (Å²) in [5.41, 5.74) is 0.780. The molecule has 5 nitrogen and oxygen atoms in total. The lowest BCUT2D eigenvalue weighted by Crippen LogP contribution is -2.34. The SMILES string of the molecule is CCOc1cc(/C=C2/SC(=O)N(CC3CCCCC3)C2=O)c(Br)cc1OC. The molecule has 1 saturated carbocycles. The first-order chi connectivity index (χ1) is 13.0. The van der Waals surface area contributed by atoms with Crippen LogP contribution in [-0.4, -0.2) is 36.3 Å². The number of rotatable bonds is 6. The molecule has 2 fully saturated rings. The Hall–Kier alpha value is -1.47. The number of imide groups is 1. The van der Waals surface area contributed by atoms with Crippen molar-refractivity contribution in [1.29, 1.82) is 0 Å². The number of hydrogen-bond acceptors (Lipinski definition) is 5. The Labute approximate surface area is 172 Å². The van der Waals surface area contributed by atoms with E-state index < -0.39 is 0 Å². The number of hydrogen-bond donors (Lipinski definition) is 0. The zero-order chi connectivity index (χ0) is 19.4. The zero-order valence-electron chi connectivity index (χ0n) is 15.6. The smallest absolute Gasteiger partial charge is 0.293 e. The number of methoxy groups -OCH3 is 1. The standard InChI is InChI=1S/C20H24BrNO4S/c1-3-26-17-9-14(15(21)11-16(17)25-2)10-18-19(23)22(20(24)27-18)12-13-7-5-4-6-8-13/h9-11,13H,3-8,12H2,1-2H3/b18-10+. The molecule has 0 radical (unpaired) electrons. The Morgan fingerprint density at radius 2 is 1.96 bits per heavy atom. The van der Waals surface area contributed by atoms with Gasteiger partial charge in [-0.25, -0.2) is 0 Å². The van der Waals surface area contributed by atoms with Crippen molar-refractivity contribution in [2.75, 3.05) is 20.3 Å². The summed E-state index contributed by atoms with van der Waals surface area (Å²) < 4.78 is 11.7. The highest BCUT2D eigenvalue weighted by Gasteiger charge is 2.36. The summed E-state index contributed by atoms with van der Waals surface area (Å²) >= 11 is 4.52. The second kappa shape index (κ2) is 9.15. The molecule has 27 heavy (non-hydrogen) atoms. The average Bonchev–Trinajstić information content (AvgIpc) is 2.92. The summed E-state index contributed by atoms with van der Waals surface area (Å²) in [5.74, 6) is 1.46. The fourth-order valence-electron chi connectivity index (χ4n) is 3.52. The van der Waals surface area contributed by atoms with E-state index in [1.165, 1.54) is 24.2 Å². The van der Waals surface area contributed by atoms with Crippen LogP contribution in [0, 0.1) is 5.92 Å². The van der Waals surface area contributed by atoms with Crippen LogP contribution in [0.4, 0.5) is 4.79 Å². The molecule has 0 aromatic heterocycles. The maximum absolute atomic E-state index is 12.8. The number of nitrogens with zero attached hydrogens (tertiary/aromatic N) is 1. The van der Waals surface area contributed by atoms with Crippen molar-refractivity contribution in [3.05, 3.63) is 27.1 Å². The topological polar surface area (TPSA) is 55.8 Å². The minimum atomic E-state index is -0.198. The highest BCUT2D eigenvalue weighted by molar-refractivity contribution is 9.10. The van der Waals surface area contributed by atoms with Crippen LogP contribution in [0.2, 0.25) is 0 Å². The molecule has 1 aliphatic heterocycles. The molecule has 0 spiro atoms. The first-order valence-electron chi connectivity index (χ1n) is 9.29. The van der Waals surface area contributed by atoms with Gasteiger partial charge in [-0.3, -0.25) is 14.5 Å². The lowest BCUT2D eigenvalue weighted by molar-refractivity contribution is -0.123. The predicted octanol–water partition coefficient (Wildman–Crippen LogP) is 5.47. The van der Waals surface area contributed by atoms with E-state index in [4.69, 9.17) is 9.47 Å². The van der Waals surface area contributed by atoms with Crippen molar-refractivity contribution in [3.8, 4) is 11.5 Å². The van der Waals surface area contributed by atoms with Gasteiger partial charge in [-0.2, -0.15) is 0 Å². The minimum Gasteiger partial charge on any atom is -0.493 e. The molecule has 2 amide bonds. The van der Waals surface area contributed by atoms with E-state index in [9.17, 15) is 9.59 Å². The van der Waals surface area contributed by atoms with Gasteiger partial charge in [0.15, 0.2) is 11.5 Å². The predicted molar refractivity (Wildman–Crippen MR) is 111 cm³/mol. The monoisotopic (exact) mass is 453 g/mol. The number of carbonyl (C=O) groups is 2. The first kappa shape index (κ1) is 20.3. The number of thioether (sulfide) groups is 1. The van der Waals surface area contributed by atoms with Gasteiger partial charge >= 0.3 is 0 Å². The lowest BCUT2D eigenvalue weighted by Gasteiger charge is -2.25. The molecule has 0 atom stereocenters. The number of ether oxygens (including phenoxy) is 2. The molecule has 1 saturated heterocycles. The molecule has 146 valence electrons. The Kier molecular flexibility index (Phi) is 6.87. The van der Waals surface area contributed by atoms with Gasteiger partial charge in [0.2, 0.25) is 0 Å². The van der Waals surface area contributed by atoms with Crippen LogP contribution in [0.3, 0.4) is 0 Å². The fourth-order valence-corrected chi connectivity index (χ4v) is 4.79. The number of carbonyl (C=O) groups excluding carboxylic acids is 2. The van der Waals surface area contributed by atoms with E-state index in [1.807, 2.05) is 19.1 Å². The van der Waals surface area contributed by atoms with Crippen molar-refractivity contribution < 1.29 is 19.1 Å². The second-order valence-electron chi connectivity index (χ2n) is 6.75. The largest absolute Gasteiger partial charge is 0.493 e. The van der Waals surface area contributed by atoms with Crippen LogP contribution >= 0.6 is 27.7 Å². The van der Waals surface area contributed by atoms with E-state index in [0.717, 1.165) is 34.6 Å². The van der Waals surface area contributed by atoms with E-state index in [0.29, 0.717) is 35.5 Å². The molecule has 1 aromatic carbocycles. The molecule has 1 heterocycles. The molecule has 1 aromatic rings. The minimum absolute atomic E-state index is 0.175. The summed E-state index contributed by atoms with van der Waals surface area (Å²) in [6, 6.07) is 3.63. The van der Waals surface area contributed by atoms with Gasteiger partial charge in [0.05, 0.1) is 18.6 Å². The molecule has 0 unspecified atom stereocenters. The number of amides is 2. The van der Waals surface area contributed by atoms with Gasteiger partial charge in [-0.05, 0) is 61.2 Å². The molecule has 2 aliphatic rings. The molecule has 0 N–H and O–H groups in total. The zero-order valence-corrected chi connectivity index (χ0v) is 18.0. The van der Waals surface area contributed by atoms with Crippen molar-refractivity contribution in [2.45, 2.75) is 39.0 Å². The quantitative estimate of drug-likeness (QED) is 0.534. The van der Waals surface area contributed by atoms with Crippen LogP contribution in [0.15, 0.2) is 21.5 Å². The van der Waals surface area contributed by atoms with Crippen molar-refractivity contribution in [1.82, 2.24) is 4.90 Å². The summed E-state index contributed by atoms with van der Waals surface area (Å²) in [5, 5.41) is -0.175. The van der Waals surface area contributed by atoms with Crippen LogP contribution in [-0.2, 0) is 4.79 Å². The summed E-state index contributed by atoms with van der Waals surface area (Å²) in [4.78, 5) is 27.0. The Bertz CT molecular complexity index is 759. The van der Waals surface area contributed by atoms with Gasteiger partial charge in [0.25, 0.3) is 11.1 Å². The molecular formula is C20H24BrNO4S. The molecular weight excluding hydrogens is 430 g/mol. The molecule has 7 heteroatoms. The van der Waals surface area contributed by atoms with Crippen LogP contribution in [0.25, 0.3) is 6.08 Å². The highest BCUT2D eigenvalue weighted by Crippen LogP contribution is 2.38. The third-order valence-electron chi connectivity index (χ3n) is 4.91. The third-order valence-corrected chi connectivity index (χ3v) is 6.50.